The van der Waals surface area contributed by atoms with Gasteiger partial charge >= 0.3 is 5.97 Å². The van der Waals surface area contributed by atoms with Crippen molar-refractivity contribution in [1.82, 2.24) is 0 Å². The summed E-state index contributed by atoms with van der Waals surface area (Å²) in [5, 5.41) is 20.2. The van der Waals surface area contributed by atoms with Crippen LogP contribution in [0.1, 0.15) is 67.2 Å². The molecule has 0 saturated heterocycles. The van der Waals surface area contributed by atoms with Crippen molar-refractivity contribution in [3.63, 3.8) is 0 Å². The summed E-state index contributed by atoms with van der Waals surface area (Å²) in [6, 6.07) is 10.4. The van der Waals surface area contributed by atoms with Crippen molar-refractivity contribution >= 4 is 17.5 Å². The average molecular weight is 421 g/mol. The van der Waals surface area contributed by atoms with Gasteiger partial charge in [-0.3, -0.25) is 14.4 Å². The predicted molar refractivity (Wildman–Crippen MR) is 119 cm³/mol. The number of rotatable bonds is 5. The first-order valence-electron chi connectivity index (χ1n) is 10.3. The zero-order valence-corrected chi connectivity index (χ0v) is 18.6. The minimum Gasteiger partial charge on any atom is -0.508 e. The van der Waals surface area contributed by atoms with Crippen LogP contribution in [0.15, 0.2) is 48.0 Å². The van der Waals surface area contributed by atoms with Crippen LogP contribution < -0.4 is 0 Å². The SMILES string of the molecule is CC(C)(C)c1cc(C(C)(C)C(=O)O)c(O)cc1CC(=O)C1=CCc2ccccc2C1=O. The zero-order valence-electron chi connectivity index (χ0n) is 18.6. The van der Waals surface area contributed by atoms with E-state index >= 15 is 0 Å². The van der Waals surface area contributed by atoms with E-state index in [9.17, 15) is 24.6 Å². The summed E-state index contributed by atoms with van der Waals surface area (Å²) in [6.07, 6.45) is 2.14. The van der Waals surface area contributed by atoms with E-state index in [4.69, 9.17) is 0 Å². The fourth-order valence-electron chi connectivity index (χ4n) is 3.97. The molecule has 31 heavy (non-hydrogen) atoms. The molecule has 3 rings (SSSR count). The monoisotopic (exact) mass is 420 g/mol. The highest BCUT2D eigenvalue weighted by atomic mass is 16.4. The van der Waals surface area contributed by atoms with Crippen LogP contribution in [0.3, 0.4) is 0 Å². The van der Waals surface area contributed by atoms with Gasteiger partial charge in [0.05, 0.1) is 11.0 Å². The van der Waals surface area contributed by atoms with E-state index in [-0.39, 0.29) is 29.3 Å². The third-order valence-corrected chi connectivity index (χ3v) is 5.92. The van der Waals surface area contributed by atoms with Crippen LogP contribution >= 0.6 is 0 Å². The molecule has 0 spiro atoms. The lowest BCUT2D eigenvalue weighted by atomic mass is 9.76. The number of carbonyl (C=O) groups excluding carboxylic acids is 2. The number of aliphatic carboxylic acids is 1. The number of hydrogen-bond donors (Lipinski definition) is 2. The van der Waals surface area contributed by atoms with Crippen molar-refractivity contribution < 1.29 is 24.6 Å². The number of phenols is 1. The molecular formula is C26H28O5. The molecule has 0 aliphatic heterocycles. The number of ketones is 2. The van der Waals surface area contributed by atoms with Crippen molar-refractivity contribution in [2.24, 2.45) is 0 Å². The lowest BCUT2D eigenvalue weighted by molar-refractivity contribution is -0.142. The molecule has 0 heterocycles. The van der Waals surface area contributed by atoms with E-state index in [1.54, 1.807) is 24.3 Å². The molecule has 0 bridgehead atoms. The Kier molecular flexibility index (Phi) is 5.66. The van der Waals surface area contributed by atoms with Crippen LogP contribution in [-0.4, -0.2) is 27.7 Å². The van der Waals surface area contributed by atoms with Gasteiger partial charge in [-0.1, -0.05) is 57.2 Å². The van der Waals surface area contributed by atoms with Crippen LogP contribution in [0.5, 0.6) is 5.75 Å². The zero-order chi connectivity index (χ0) is 23.1. The van der Waals surface area contributed by atoms with E-state index in [0.29, 0.717) is 23.1 Å². The van der Waals surface area contributed by atoms with Crippen LogP contribution in [0, 0.1) is 0 Å². The maximum absolute atomic E-state index is 13.1. The Morgan fingerprint density at radius 2 is 1.65 bits per heavy atom. The molecule has 0 saturated carbocycles. The quantitative estimate of drug-likeness (QED) is 0.694. The summed E-state index contributed by atoms with van der Waals surface area (Å²) >= 11 is 0. The number of aromatic hydroxyl groups is 1. The Balaban J connectivity index is 2.01. The first kappa shape index (κ1) is 22.5. The lowest BCUT2D eigenvalue weighted by Crippen LogP contribution is -2.30. The second kappa shape index (κ2) is 7.80. The summed E-state index contributed by atoms with van der Waals surface area (Å²) in [6.45, 7) is 8.96. The van der Waals surface area contributed by atoms with E-state index < -0.39 is 16.8 Å². The Labute approximate surface area is 182 Å². The number of carbonyl (C=O) groups is 3. The molecule has 5 heteroatoms. The van der Waals surface area contributed by atoms with Crippen molar-refractivity contribution in [3.8, 4) is 5.75 Å². The van der Waals surface area contributed by atoms with Gasteiger partial charge in [-0.25, -0.2) is 0 Å². The third kappa shape index (κ3) is 4.18. The van der Waals surface area contributed by atoms with Gasteiger partial charge in [0.1, 0.15) is 5.75 Å². The second-order valence-electron chi connectivity index (χ2n) is 9.61. The molecule has 1 aliphatic carbocycles. The molecular weight excluding hydrogens is 392 g/mol. The fourth-order valence-corrected chi connectivity index (χ4v) is 3.97. The van der Waals surface area contributed by atoms with Crippen LogP contribution in [-0.2, 0) is 33.3 Å². The van der Waals surface area contributed by atoms with Gasteiger partial charge < -0.3 is 10.2 Å². The molecule has 2 aromatic rings. The molecule has 0 atom stereocenters. The molecule has 162 valence electrons. The largest absolute Gasteiger partial charge is 0.508 e. The Hall–Kier alpha value is -3.21. The molecule has 0 radical (unpaired) electrons. The van der Waals surface area contributed by atoms with Crippen molar-refractivity contribution in [2.45, 2.75) is 58.3 Å². The highest BCUT2D eigenvalue weighted by Gasteiger charge is 2.35. The number of hydrogen-bond acceptors (Lipinski definition) is 4. The molecule has 0 fully saturated rings. The van der Waals surface area contributed by atoms with Crippen molar-refractivity contribution in [1.29, 1.82) is 0 Å². The topological polar surface area (TPSA) is 91.7 Å². The number of phenolic OH excluding ortho intramolecular Hbond substituents is 1. The van der Waals surface area contributed by atoms with Crippen molar-refractivity contribution in [3.05, 3.63) is 75.9 Å². The van der Waals surface area contributed by atoms with Crippen LogP contribution in [0.25, 0.3) is 0 Å². The lowest BCUT2D eigenvalue weighted by Gasteiger charge is -2.28. The van der Waals surface area contributed by atoms with E-state index in [2.05, 4.69) is 0 Å². The van der Waals surface area contributed by atoms with Crippen LogP contribution in [0.4, 0.5) is 0 Å². The van der Waals surface area contributed by atoms with Crippen molar-refractivity contribution in [2.75, 3.05) is 0 Å². The average Bonchev–Trinajstić information content (AvgIpc) is 2.67. The number of fused-ring (bicyclic) bond motifs is 1. The van der Waals surface area contributed by atoms with Crippen LogP contribution in [0.2, 0.25) is 0 Å². The number of benzene rings is 2. The maximum Gasteiger partial charge on any atom is 0.313 e. The first-order valence-corrected chi connectivity index (χ1v) is 10.3. The summed E-state index contributed by atoms with van der Waals surface area (Å²) in [7, 11) is 0. The number of carboxylic acid groups (broad SMARTS) is 1. The highest BCUT2D eigenvalue weighted by Crippen LogP contribution is 2.38. The smallest absolute Gasteiger partial charge is 0.313 e. The normalized spacial score (nSPS) is 14.1. The van der Waals surface area contributed by atoms with Gasteiger partial charge in [0.2, 0.25) is 0 Å². The molecule has 2 N–H and O–H groups in total. The summed E-state index contributed by atoms with van der Waals surface area (Å²) in [5.41, 5.74) is 1.57. The molecule has 1 aliphatic rings. The van der Waals surface area contributed by atoms with Gasteiger partial charge in [-0.2, -0.15) is 0 Å². The van der Waals surface area contributed by atoms with E-state index in [0.717, 1.165) is 11.1 Å². The molecule has 0 amide bonds. The summed E-state index contributed by atoms with van der Waals surface area (Å²) in [5.74, 6) is -1.81. The highest BCUT2D eigenvalue weighted by molar-refractivity contribution is 6.27. The van der Waals surface area contributed by atoms with Gasteiger partial charge in [0.25, 0.3) is 0 Å². The first-order chi connectivity index (χ1) is 14.3. The minimum atomic E-state index is -1.29. The third-order valence-electron chi connectivity index (χ3n) is 5.92. The molecule has 0 unspecified atom stereocenters. The number of allylic oxidation sites excluding steroid dienone is 2. The van der Waals surface area contributed by atoms with Gasteiger partial charge in [0, 0.05) is 17.5 Å². The summed E-state index contributed by atoms with van der Waals surface area (Å²) in [4.78, 5) is 37.7. The van der Waals surface area contributed by atoms with Gasteiger partial charge in [-0.15, -0.1) is 0 Å². The molecule has 2 aromatic carbocycles. The maximum atomic E-state index is 13.1. The number of carboxylic acids is 1. The van der Waals surface area contributed by atoms with E-state index in [1.165, 1.54) is 19.9 Å². The number of Topliss-reactive ketones (excluding diaryl/α,β-unsaturated/α-hetero) is 2. The fraction of sp³-hybridized carbons (Fsp3) is 0.346. The van der Waals surface area contributed by atoms with Gasteiger partial charge in [-0.05, 0) is 48.4 Å². The molecule has 0 aromatic heterocycles. The standard InChI is InChI=1S/C26H28O5/c1-25(2,3)19-14-20(26(4,5)24(30)31)22(28)13-16(19)12-21(27)18-11-10-15-8-6-7-9-17(15)23(18)29/h6-9,11,13-14,28H,10,12H2,1-5H3,(H,30,31). The van der Waals surface area contributed by atoms with Gasteiger partial charge in [0.15, 0.2) is 11.6 Å². The Morgan fingerprint density at radius 1 is 1.00 bits per heavy atom. The Bertz CT molecular complexity index is 1110. The second-order valence-corrected chi connectivity index (χ2v) is 9.61. The summed E-state index contributed by atoms with van der Waals surface area (Å²) < 4.78 is 0. The predicted octanol–water partition coefficient (Wildman–Crippen LogP) is 4.53. The Morgan fingerprint density at radius 3 is 2.26 bits per heavy atom. The molecule has 5 nitrogen and oxygen atoms in total. The minimum absolute atomic E-state index is 0.0479. The van der Waals surface area contributed by atoms with E-state index in [1.807, 2.05) is 32.9 Å².